The number of amides is 1. The van der Waals surface area contributed by atoms with E-state index in [0.717, 1.165) is 5.56 Å². The molecular formula is C27H24BrNO6. The monoisotopic (exact) mass is 537 g/mol. The van der Waals surface area contributed by atoms with Crippen LogP contribution in [0.2, 0.25) is 0 Å². The van der Waals surface area contributed by atoms with Crippen LogP contribution in [-0.4, -0.2) is 47.6 Å². The lowest BCUT2D eigenvalue weighted by atomic mass is 9.94. The minimum atomic E-state index is -0.893. The molecule has 0 saturated carbocycles. The molecule has 0 spiro atoms. The lowest BCUT2D eigenvalue weighted by molar-refractivity contribution is -0.139. The summed E-state index contributed by atoms with van der Waals surface area (Å²) in [4.78, 5) is 27.9. The number of aromatic hydroxyl groups is 1. The molecule has 1 fully saturated rings. The van der Waals surface area contributed by atoms with Gasteiger partial charge in [0, 0.05) is 12.1 Å². The van der Waals surface area contributed by atoms with E-state index in [-0.39, 0.29) is 29.4 Å². The molecule has 1 amide bonds. The number of methoxy groups -OCH3 is 2. The number of aliphatic hydroxyl groups is 1. The van der Waals surface area contributed by atoms with Crippen LogP contribution in [0.1, 0.15) is 22.7 Å². The van der Waals surface area contributed by atoms with Crippen LogP contribution in [-0.2, 0) is 16.0 Å². The lowest BCUT2D eigenvalue weighted by Crippen LogP contribution is -2.31. The van der Waals surface area contributed by atoms with Gasteiger partial charge >= 0.3 is 0 Å². The van der Waals surface area contributed by atoms with Gasteiger partial charge in [-0.2, -0.15) is 0 Å². The van der Waals surface area contributed by atoms with E-state index < -0.39 is 17.7 Å². The van der Waals surface area contributed by atoms with Gasteiger partial charge in [0.15, 0.2) is 11.5 Å². The van der Waals surface area contributed by atoms with Crippen LogP contribution in [0.15, 0.2) is 76.8 Å². The molecule has 1 aliphatic heterocycles. The van der Waals surface area contributed by atoms with Crippen LogP contribution in [0.3, 0.4) is 0 Å². The van der Waals surface area contributed by atoms with E-state index in [1.807, 2.05) is 30.3 Å². The topological polar surface area (TPSA) is 96.3 Å². The largest absolute Gasteiger partial charge is 0.507 e. The van der Waals surface area contributed by atoms with Gasteiger partial charge in [-0.3, -0.25) is 9.59 Å². The number of likely N-dealkylation sites (tertiary alicyclic amines) is 1. The van der Waals surface area contributed by atoms with Crippen molar-refractivity contribution in [3.05, 3.63) is 93.5 Å². The first-order chi connectivity index (χ1) is 16.8. The second-order valence-electron chi connectivity index (χ2n) is 8.01. The van der Waals surface area contributed by atoms with Crippen molar-refractivity contribution in [2.75, 3.05) is 20.8 Å². The third-order valence-electron chi connectivity index (χ3n) is 5.95. The first-order valence-corrected chi connectivity index (χ1v) is 11.7. The van der Waals surface area contributed by atoms with Gasteiger partial charge in [0.2, 0.25) is 0 Å². The molecule has 7 nitrogen and oxygen atoms in total. The van der Waals surface area contributed by atoms with E-state index in [0.29, 0.717) is 27.8 Å². The summed E-state index contributed by atoms with van der Waals surface area (Å²) in [5, 5.41) is 21.5. The number of phenolic OH excluding ortho intramolecular Hbond substituents is 1. The van der Waals surface area contributed by atoms with Gasteiger partial charge in [0.25, 0.3) is 11.7 Å². The Morgan fingerprint density at radius 2 is 1.74 bits per heavy atom. The summed E-state index contributed by atoms with van der Waals surface area (Å²) in [7, 11) is 2.91. The maximum absolute atomic E-state index is 13.3. The van der Waals surface area contributed by atoms with Gasteiger partial charge in [-0.15, -0.1) is 0 Å². The fourth-order valence-electron chi connectivity index (χ4n) is 4.18. The third-order valence-corrected chi connectivity index (χ3v) is 6.56. The number of ketones is 1. The van der Waals surface area contributed by atoms with Crippen molar-refractivity contribution in [1.82, 2.24) is 4.90 Å². The number of nitrogens with zero attached hydrogens (tertiary/aromatic N) is 1. The second-order valence-corrected chi connectivity index (χ2v) is 8.87. The van der Waals surface area contributed by atoms with Gasteiger partial charge in [-0.1, -0.05) is 42.5 Å². The van der Waals surface area contributed by atoms with Gasteiger partial charge in [0.05, 0.1) is 30.3 Å². The Morgan fingerprint density at radius 3 is 2.43 bits per heavy atom. The first kappa shape index (κ1) is 24.3. The van der Waals surface area contributed by atoms with E-state index in [1.54, 1.807) is 36.4 Å². The molecule has 1 atom stereocenters. The number of hydrogen-bond donors (Lipinski definition) is 2. The number of benzene rings is 3. The number of halogens is 1. The molecule has 0 bridgehead atoms. The van der Waals surface area contributed by atoms with Crippen molar-refractivity contribution in [1.29, 1.82) is 0 Å². The Hall–Kier alpha value is -3.78. The molecule has 1 heterocycles. The Balaban J connectivity index is 1.86. The predicted octanol–water partition coefficient (Wildman–Crippen LogP) is 4.84. The van der Waals surface area contributed by atoms with Gasteiger partial charge < -0.3 is 24.6 Å². The number of carbonyl (C=O) groups is 2. The van der Waals surface area contributed by atoms with Gasteiger partial charge in [0.1, 0.15) is 11.5 Å². The summed E-state index contributed by atoms with van der Waals surface area (Å²) >= 11 is 3.32. The fourth-order valence-corrected chi connectivity index (χ4v) is 4.64. The van der Waals surface area contributed by atoms with E-state index in [9.17, 15) is 19.8 Å². The highest BCUT2D eigenvalue weighted by molar-refractivity contribution is 9.10. The molecular weight excluding hydrogens is 514 g/mol. The highest BCUT2D eigenvalue weighted by atomic mass is 79.9. The zero-order chi connectivity index (χ0) is 25.1. The minimum absolute atomic E-state index is 0.0454. The second kappa shape index (κ2) is 10.2. The van der Waals surface area contributed by atoms with Crippen LogP contribution < -0.4 is 9.47 Å². The number of phenols is 1. The Labute approximate surface area is 211 Å². The van der Waals surface area contributed by atoms with E-state index in [2.05, 4.69) is 15.9 Å². The molecule has 0 aliphatic carbocycles. The van der Waals surface area contributed by atoms with Crippen LogP contribution in [0.5, 0.6) is 17.2 Å². The highest BCUT2D eigenvalue weighted by Gasteiger charge is 2.46. The molecule has 3 aromatic carbocycles. The van der Waals surface area contributed by atoms with Crippen molar-refractivity contribution < 1.29 is 29.3 Å². The molecule has 2 N–H and O–H groups in total. The number of carbonyl (C=O) groups excluding carboxylic acids is 2. The SMILES string of the molecule is COc1cccc(C(O)=C2C(=O)C(=O)N(CCc3ccccc3)C2c2cc(Br)c(O)c(OC)c2)c1. The normalized spacial score (nSPS) is 17.0. The van der Waals surface area contributed by atoms with Crippen molar-refractivity contribution in [3.63, 3.8) is 0 Å². The summed E-state index contributed by atoms with van der Waals surface area (Å²) in [5.41, 5.74) is 1.81. The Kier molecular flexibility index (Phi) is 7.12. The number of rotatable bonds is 7. The first-order valence-electron chi connectivity index (χ1n) is 10.9. The van der Waals surface area contributed by atoms with Crippen molar-refractivity contribution >= 4 is 33.4 Å². The molecule has 8 heteroatoms. The minimum Gasteiger partial charge on any atom is -0.507 e. The highest BCUT2D eigenvalue weighted by Crippen LogP contribution is 2.44. The van der Waals surface area contributed by atoms with Crippen LogP contribution in [0.4, 0.5) is 0 Å². The molecule has 1 saturated heterocycles. The molecule has 35 heavy (non-hydrogen) atoms. The molecule has 0 radical (unpaired) electrons. The van der Waals surface area contributed by atoms with Crippen LogP contribution >= 0.6 is 15.9 Å². The lowest BCUT2D eigenvalue weighted by Gasteiger charge is -2.26. The van der Waals surface area contributed by atoms with E-state index in [4.69, 9.17) is 9.47 Å². The number of Topliss-reactive ketones (excluding diaryl/α,β-unsaturated/α-hetero) is 1. The number of ether oxygens (including phenoxy) is 2. The fraction of sp³-hybridized carbons (Fsp3) is 0.185. The summed E-state index contributed by atoms with van der Waals surface area (Å²) in [6.07, 6.45) is 0.514. The van der Waals surface area contributed by atoms with Gasteiger partial charge in [-0.05, 0) is 57.7 Å². The van der Waals surface area contributed by atoms with Crippen LogP contribution in [0, 0.1) is 0 Å². The third kappa shape index (κ3) is 4.74. The smallest absolute Gasteiger partial charge is 0.295 e. The summed E-state index contributed by atoms with van der Waals surface area (Å²) in [6, 6.07) is 18.5. The standard InChI is InChI=1S/C27H24BrNO6/c1-34-19-10-6-9-17(13-19)24(30)22-23(18-14-20(28)25(31)21(15-18)35-2)29(27(33)26(22)32)12-11-16-7-4-3-5-8-16/h3-10,13-15,23,30-31H,11-12H2,1-2H3. The van der Waals surface area contributed by atoms with Crippen molar-refractivity contribution in [3.8, 4) is 17.2 Å². The number of aliphatic hydroxyl groups excluding tert-OH is 1. The molecule has 180 valence electrons. The zero-order valence-corrected chi connectivity index (χ0v) is 20.8. The van der Waals surface area contributed by atoms with Crippen LogP contribution in [0.25, 0.3) is 5.76 Å². The van der Waals surface area contributed by atoms with Crippen molar-refractivity contribution in [2.24, 2.45) is 0 Å². The molecule has 1 aliphatic rings. The number of hydrogen-bond acceptors (Lipinski definition) is 6. The zero-order valence-electron chi connectivity index (χ0n) is 19.2. The summed E-state index contributed by atoms with van der Waals surface area (Å²) in [5.74, 6) is -1.24. The Morgan fingerprint density at radius 1 is 1.00 bits per heavy atom. The molecule has 4 rings (SSSR count). The van der Waals surface area contributed by atoms with Gasteiger partial charge in [-0.25, -0.2) is 0 Å². The average Bonchev–Trinajstić information content (AvgIpc) is 3.14. The molecule has 3 aromatic rings. The Bertz CT molecular complexity index is 1300. The molecule has 0 aromatic heterocycles. The average molecular weight is 538 g/mol. The van der Waals surface area contributed by atoms with E-state index in [1.165, 1.54) is 19.1 Å². The predicted molar refractivity (Wildman–Crippen MR) is 135 cm³/mol. The summed E-state index contributed by atoms with van der Waals surface area (Å²) in [6.45, 7) is 0.245. The maximum atomic E-state index is 13.3. The summed E-state index contributed by atoms with van der Waals surface area (Å²) < 4.78 is 10.9. The maximum Gasteiger partial charge on any atom is 0.295 e. The van der Waals surface area contributed by atoms with E-state index >= 15 is 0 Å². The quantitative estimate of drug-likeness (QED) is 0.254. The van der Waals surface area contributed by atoms with Crippen molar-refractivity contribution in [2.45, 2.75) is 12.5 Å². The molecule has 1 unspecified atom stereocenters.